The minimum atomic E-state index is 0.778. The lowest BCUT2D eigenvalue weighted by atomic mass is 9.90. The average molecular weight is 787 g/mol. The molecule has 0 saturated heterocycles. The van der Waals surface area contributed by atoms with Gasteiger partial charge in [-0.15, -0.1) is 0 Å². The van der Waals surface area contributed by atoms with E-state index in [2.05, 4.69) is 161 Å². The summed E-state index contributed by atoms with van der Waals surface area (Å²) in [6, 6.07) is 45.1. The largest absolute Gasteiger partial charge is 0.228 e. The Morgan fingerprint density at radius 2 is 1.03 bits per heavy atom. The highest BCUT2D eigenvalue weighted by Gasteiger charge is 2.19. The van der Waals surface area contributed by atoms with E-state index in [9.17, 15) is 0 Å². The van der Waals surface area contributed by atoms with Crippen LogP contribution in [0.5, 0.6) is 0 Å². The Bertz CT molecular complexity index is 2610. The molecule has 60 heavy (non-hydrogen) atoms. The Kier molecular flexibility index (Phi) is 13.5. The molecule has 0 amide bonds. The third-order valence-corrected chi connectivity index (χ3v) is 12.6. The third-order valence-electron chi connectivity index (χ3n) is 12.6. The zero-order chi connectivity index (χ0) is 41.3. The van der Waals surface area contributed by atoms with Gasteiger partial charge < -0.3 is 0 Å². The van der Waals surface area contributed by atoms with Gasteiger partial charge in [0.15, 0.2) is 5.82 Å². The van der Waals surface area contributed by atoms with Gasteiger partial charge in [0.25, 0.3) is 0 Å². The summed E-state index contributed by atoms with van der Waals surface area (Å²) >= 11 is 0. The van der Waals surface area contributed by atoms with E-state index < -0.39 is 0 Å². The summed E-state index contributed by atoms with van der Waals surface area (Å²) in [5.41, 5.74) is 18.4. The zero-order valence-electron chi connectivity index (χ0n) is 36.5. The summed E-state index contributed by atoms with van der Waals surface area (Å²) in [6.07, 6.45) is 22.2. The minimum absolute atomic E-state index is 0.778. The molecule has 0 radical (unpaired) electrons. The van der Waals surface area contributed by atoms with E-state index in [-0.39, 0.29) is 0 Å². The van der Waals surface area contributed by atoms with Gasteiger partial charge in [-0.25, -0.2) is 9.97 Å². The Hall–Kier alpha value is -5.60. The number of rotatable bonds is 19. The van der Waals surface area contributed by atoms with Crippen molar-refractivity contribution in [3.05, 3.63) is 155 Å². The Labute approximate surface area is 359 Å². The molecule has 1 aromatic heterocycles. The van der Waals surface area contributed by atoms with Crippen LogP contribution in [0.1, 0.15) is 124 Å². The van der Waals surface area contributed by atoms with Crippen LogP contribution in [-0.4, -0.2) is 9.97 Å². The van der Waals surface area contributed by atoms with Gasteiger partial charge >= 0.3 is 0 Å². The van der Waals surface area contributed by atoms with Gasteiger partial charge in [-0.05, 0) is 131 Å². The van der Waals surface area contributed by atoms with Crippen molar-refractivity contribution in [3.8, 4) is 56.2 Å². The second-order valence-electron chi connectivity index (χ2n) is 17.3. The summed E-state index contributed by atoms with van der Waals surface area (Å²) in [5.74, 6) is 0.778. The number of benzene rings is 6. The molecule has 6 aromatic carbocycles. The second-order valence-corrected chi connectivity index (χ2v) is 17.3. The highest BCUT2D eigenvalue weighted by Crippen LogP contribution is 2.39. The van der Waals surface area contributed by atoms with Gasteiger partial charge in [-0.3, -0.25) is 0 Å². The first-order chi connectivity index (χ1) is 29.5. The molecule has 0 unspecified atom stereocenters. The summed E-state index contributed by atoms with van der Waals surface area (Å²) in [6.45, 7) is 9.09. The van der Waals surface area contributed by atoms with Gasteiger partial charge in [0.05, 0.1) is 11.4 Å². The fourth-order valence-electron chi connectivity index (χ4n) is 9.30. The van der Waals surface area contributed by atoms with Crippen molar-refractivity contribution in [2.24, 2.45) is 0 Å². The maximum Gasteiger partial charge on any atom is 0.160 e. The maximum atomic E-state index is 5.54. The first kappa shape index (κ1) is 41.1. The van der Waals surface area contributed by atoms with E-state index in [4.69, 9.17) is 9.97 Å². The number of hydrogen-bond donors (Lipinski definition) is 0. The molecule has 0 atom stereocenters. The lowest BCUT2D eigenvalue weighted by Gasteiger charge is -2.17. The number of aromatic nitrogens is 2. The topological polar surface area (TPSA) is 25.8 Å². The van der Waals surface area contributed by atoms with Crippen LogP contribution in [0.3, 0.4) is 0 Å². The van der Waals surface area contributed by atoms with E-state index in [0.29, 0.717) is 0 Å². The van der Waals surface area contributed by atoms with Gasteiger partial charge in [-0.2, -0.15) is 0 Å². The predicted molar refractivity (Wildman–Crippen MR) is 259 cm³/mol. The van der Waals surface area contributed by atoms with Gasteiger partial charge in [0, 0.05) is 16.7 Å². The molecule has 0 aliphatic heterocycles. The number of nitrogens with zero attached hydrogens (tertiary/aromatic N) is 2. The summed E-state index contributed by atoms with van der Waals surface area (Å²) < 4.78 is 0. The van der Waals surface area contributed by atoms with Gasteiger partial charge in [-0.1, -0.05) is 187 Å². The van der Waals surface area contributed by atoms with Crippen LogP contribution < -0.4 is 0 Å². The van der Waals surface area contributed by atoms with E-state index in [0.717, 1.165) is 41.2 Å². The van der Waals surface area contributed by atoms with Crippen molar-refractivity contribution in [2.75, 3.05) is 0 Å². The van der Waals surface area contributed by atoms with Crippen LogP contribution >= 0.6 is 0 Å². The standard InChI is InChI=1S/C58H62N2/c1-5-7-9-11-13-15-23-44-39-54(46(35-42(44)4)24-16-14-12-10-8-6-2)56-40-55(59-58(60-56)51-37-49-29-20-25-43-32-33-50(38-51)57(43)49)48-28-21-27-47(36-48)53-31-18-17-30-52(53)45-26-19-22-41(3)34-45/h17-22,25-40H,5-16,23-24H2,1-4H3. The fourth-order valence-corrected chi connectivity index (χ4v) is 9.30. The molecule has 0 spiro atoms. The number of aryl methyl sites for hydroxylation is 4. The molecular weight excluding hydrogens is 725 g/mol. The summed E-state index contributed by atoms with van der Waals surface area (Å²) in [5, 5.41) is 2.55. The smallest absolute Gasteiger partial charge is 0.160 e. The van der Waals surface area contributed by atoms with E-state index in [1.807, 2.05) is 0 Å². The van der Waals surface area contributed by atoms with Crippen molar-refractivity contribution in [1.29, 1.82) is 0 Å². The highest BCUT2D eigenvalue weighted by atomic mass is 14.9. The molecule has 0 bridgehead atoms. The molecular formula is C58H62N2. The quantitative estimate of drug-likeness (QED) is 0.0763. The zero-order valence-corrected chi connectivity index (χ0v) is 36.5. The van der Waals surface area contributed by atoms with Crippen molar-refractivity contribution in [1.82, 2.24) is 9.97 Å². The van der Waals surface area contributed by atoms with Crippen LogP contribution in [0.15, 0.2) is 121 Å². The van der Waals surface area contributed by atoms with Gasteiger partial charge in [0.2, 0.25) is 0 Å². The Balaban J connectivity index is 1.24. The summed E-state index contributed by atoms with van der Waals surface area (Å²) in [7, 11) is 0. The minimum Gasteiger partial charge on any atom is -0.228 e. The second kappa shape index (κ2) is 19.6. The van der Waals surface area contributed by atoms with Crippen molar-refractivity contribution in [2.45, 2.75) is 118 Å². The molecule has 0 saturated carbocycles. The molecule has 1 aliphatic rings. The predicted octanol–water partition coefficient (Wildman–Crippen LogP) is 16.9. The van der Waals surface area contributed by atoms with Crippen LogP contribution in [0, 0.1) is 13.8 Å². The van der Waals surface area contributed by atoms with Crippen molar-refractivity contribution in [3.63, 3.8) is 0 Å². The van der Waals surface area contributed by atoms with E-state index in [1.54, 1.807) is 0 Å². The van der Waals surface area contributed by atoms with Crippen molar-refractivity contribution < 1.29 is 0 Å². The van der Waals surface area contributed by atoms with E-state index >= 15 is 0 Å². The molecule has 2 heteroatoms. The Morgan fingerprint density at radius 3 is 1.77 bits per heavy atom. The monoisotopic (exact) mass is 786 g/mol. The molecule has 304 valence electrons. The van der Waals surface area contributed by atoms with E-state index in [1.165, 1.54) is 149 Å². The summed E-state index contributed by atoms with van der Waals surface area (Å²) in [4.78, 5) is 11.0. The molecule has 8 rings (SSSR count). The maximum absolute atomic E-state index is 5.54. The highest BCUT2D eigenvalue weighted by molar-refractivity contribution is 6.06. The third kappa shape index (κ3) is 9.55. The normalized spacial score (nSPS) is 11.9. The Morgan fingerprint density at radius 1 is 0.417 bits per heavy atom. The molecule has 0 fully saturated rings. The fraction of sp³-hybridized carbons (Fsp3) is 0.310. The lowest BCUT2D eigenvalue weighted by Crippen LogP contribution is -2.02. The molecule has 2 nitrogen and oxygen atoms in total. The first-order valence-corrected chi connectivity index (χ1v) is 23.0. The van der Waals surface area contributed by atoms with Crippen molar-refractivity contribution >= 4 is 22.9 Å². The lowest BCUT2D eigenvalue weighted by molar-refractivity contribution is 0.605. The molecule has 1 aliphatic carbocycles. The van der Waals surface area contributed by atoms with Crippen LogP contribution in [0.25, 0.3) is 79.1 Å². The molecule has 0 N–H and O–H groups in total. The molecule has 1 heterocycles. The van der Waals surface area contributed by atoms with Crippen LogP contribution in [0.4, 0.5) is 0 Å². The number of unbranched alkanes of at least 4 members (excludes halogenated alkanes) is 10. The molecule has 7 aromatic rings. The number of hydrogen-bond acceptors (Lipinski definition) is 2. The first-order valence-electron chi connectivity index (χ1n) is 23.0. The van der Waals surface area contributed by atoms with Crippen LogP contribution in [-0.2, 0) is 12.8 Å². The van der Waals surface area contributed by atoms with Gasteiger partial charge in [0.1, 0.15) is 0 Å². The SMILES string of the molecule is CCCCCCCCc1cc(-c2cc(-c3cccc(-c4ccccc4-c4cccc(C)c4)c3)nc(-c3cc4c5c(cccc5c3)C=C4)n2)c(CCCCCCCC)cc1C. The average Bonchev–Trinajstić information content (AvgIpc) is 3.70. The van der Waals surface area contributed by atoms with Crippen LogP contribution in [0.2, 0.25) is 0 Å².